The third-order valence-electron chi connectivity index (χ3n) is 4.33. The van der Waals surface area contributed by atoms with Crippen molar-refractivity contribution in [3.63, 3.8) is 0 Å². The number of ether oxygens (including phenoxy) is 1. The van der Waals surface area contributed by atoms with Crippen molar-refractivity contribution >= 4 is 19.3 Å². The smallest absolute Gasteiger partial charge is 0.336 e. The fourth-order valence-electron chi connectivity index (χ4n) is 3.14. The van der Waals surface area contributed by atoms with Gasteiger partial charge in [0.25, 0.3) is 0 Å². The molecule has 0 spiro atoms. The van der Waals surface area contributed by atoms with Crippen LogP contribution in [0.4, 0.5) is 0 Å². The van der Waals surface area contributed by atoms with Gasteiger partial charge in [0.05, 0.1) is 18.1 Å². The van der Waals surface area contributed by atoms with E-state index in [9.17, 15) is 4.79 Å². The van der Waals surface area contributed by atoms with Crippen LogP contribution in [0.2, 0.25) is 0 Å². The van der Waals surface area contributed by atoms with Crippen LogP contribution in [0.25, 0.3) is 0 Å². The minimum Gasteiger partial charge on any atom is -0.466 e. The van der Waals surface area contributed by atoms with Crippen LogP contribution in [0.15, 0.2) is 88.9 Å². The lowest BCUT2D eigenvalue weighted by Crippen LogP contribution is -2.34. The number of benzene rings is 2. The monoisotopic (exact) mass is 333 g/mol. The molecule has 0 radical (unpaired) electrons. The van der Waals surface area contributed by atoms with Gasteiger partial charge in [-0.2, -0.15) is 0 Å². The number of hydrogen-bond donors (Lipinski definition) is 0. The van der Waals surface area contributed by atoms with Gasteiger partial charge in [0, 0.05) is 5.56 Å². The molecule has 3 aliphatic heterocycles. The van der Waals surface area contributed by atoms with Gasteiger partial charge in [-0.1, -0.05) is 66.5 Å². The Kier molecular flexibility index (Phi) is 3.66. The molecule has 0 saturated carbocycles. The van der Waals surface area contributed by atoms with Crippen LogP contribution in [0.5, 0.6) is 0 Å². The van der Waals surface area contributed by atoms with Gasteiger partial charge in [0.15, 0.2) is 0 Å². The number of carbonyl (C=O) groups excluding carboxylic acids is 1. The van der Waals surface area contributed by atoms with Crippen LogP contribution in [0.1, 0.15) is 11.1 Å². The van der Waals surface area contributed by atoms with Gasteiger partial charge in [0.2, 0.25) is 0 Å². The Morgan fingerprint density at radius 2 is 1.71 bits per heavy atom. The number of esters is 1. The largest absolute Gasteiger partial charge is 0.466 e. The van der Waals surface area contributed by atoms with Gasteiger partial charge in [0.1, 0.15) is 5.54 Å². The van der Waals surface area contributed by atoms with E-state index in [1.165, 1.54) is 7.11 Å². The molecule has 24 heavy (non-hydrogen) atoms. The van der Waals surface area contributed by atoms with Crippen molar-refractivity contribution in [3.8, 4) is 0 Å². The van der Waals surface area contributed by atoms with Crippen LogP contribution in [0.3, 0.4) is 0 Å². The molecule has 3 nitrogen and oxygen atoms in total. The number of aliphatic imine (C=N–C) groups is 1. The van der Waals surface area contributed by atoms with Gasteiger partial charge in [-0.15, -0.1) is 0 Å². The van der Waals surface area contributed by atoms with Gasteiger partial charge in [-0.25, -0.2) is 4.79 Å². The average Bonchev–Trinajstić information content (AvgIpc) is 2.69. The molecule has 5 rings (SSSR count). The first-order valence-electron chi connectivity index (χ1n) is 7.74. The van der Waals surface area contributed by atoms with E-state index in [1.807, 2.05) is 60.4 Å². The zero-order valence-corrected chi connectivity index (χ0v) is 14.1. The summed E-state index contributed by atoms with van der Waals surface area (Å²) in [6, 6.07) is 20.1. The van der Waals surface area contributed by atoms with Crippen molar-refractivity contribution in [1.29, 1.82) is 0 Å². The molecule has 3 heterocycles. The lowest BCUT2D eigenvalue weighted by atomic mass is 9.83. The maximum atomic E-state index is 12.4. The lowest BCUT2D eigenvalue weighted by Gasteiger charge is -2.38. The second-order valence-electron chi connectivity index (χ2n) is 5.69. The van der Waals surface area contributed by atoms with Crippen LogP contribution in [-0.4, -0.2) is 18.5 Å². The summed E-state index contributed by atoms with van der Waals surface area (Å²) in [6.45, 7) is 0. The summed E-state index contributed by atoms with van der Waals surface area (Å²) >= 11 is 0. The van der Waals surface area contributed by atoms with Gasteiger partial charge < -0.3 is 4.74 Å². The molecule has 0 aliphatic carbocycles. The molecule has 2 atom stereocenters. The highest BCUT2D eigenvalue weighted by molar-refractivity contribution is 7.81. The highest BCUT2D eigenvalue weighted by Crippen LogP contribution is 2.58. The van der Waals surface area contributed by atoms with Gasteiger partial charge in [-0.05, 0) is 25.4 Å². The number of nitrogens with zero attached hydrogens (tertiary/aromatic N) is 1. The highest BCUT2D eigenvalue weighted by atomic mass is 31.1. The predicted molar refractivity (Wildman–Crippen MR) is 97.3 cm³/mol. The normalized spacial score (nSPS) is 24.3. The standard InChI is InChI=1S/C20H16NO2P/c1-23-19(22)17-14-24-13-12-20(17,16-10-6-3-7-11-16)21-18(24)15-8-4-2-5-9-15/h2-14H,1H3. The minimum absolute atomic E-state index is 0.313. The van der Waals surface area contributed by atoms with Crippen molar-refractivity contribution in [2.24, 2.45) is 4.99 Å². The summed E-state index contributed by atoms with van der Waals surface area (Å²) in [5.74, 6) is 3.92. The Balaban J connectivity index is 1.91. The number of carbonyl (C=O) groups is 1. The number of rotatable bonds is 3. The van der Waals surface area contributed by atoms with Crippen LogP contribution in [0, 0.1) is 0 Å². The molecule has 0 amide bonds. The van der Waals surface area contributed by atoms with E-state index in [4.69, 9.17) is 9.73 Å². The van der Waals surface area contributed by atoms with Crippen molar-refractivity contribution in [2.45, 2.75) is 5.54 Å². The van der Waals surface area contributed by atoms with Crippen LogP contribution in [-0.2, 0) is 15.1 Å². The number of hydrogen-bond acceptors (Lipinski definition) is 3. The summed E-state index contributed by atoms with van der Waals surface area (Å²) in [4.78, 5) is 17.5. The molecule has 2 bridgehead atoms. The van der Waals surface area contributed by atoms with Crippen LogP contribution >= 0.6 is 7.92 Å². The first kappa shape index (κ1) is 15.0. The summed E-state index contributed by atoms with van der Waals surface area (Å²) < 4.78 is 5.03. The molecule has 4 heteroatoms. The van der Waals surface area contributed by atoms with Crippen molar-refractivity contribution in [3.05, 3.63) is 95.1 Å². The second kappa shape index (κ2) is 5.85. The molecule has 2 aromatic rings. The molecular weight excluding hydrogens is 317 g/mol. The number of methoxy groups -OCH3 is 1. The Morgan fingerprint density at radius 1 is 1.04 bits per heavy atom. The average molecular weight is 333 g/mol. The third kappa shape index (κ3) is 2.24. The molecule has 118 valence electrons. The summed E-state index contributed by atoms with van der Waals surface area (Å²) in [7, 11) is 0.683. The van der Waals surface area contributed by atoms with Crippen molar-refractivity contribution in [2.75, 3.05) is 7.11 Å². The van der Waals surface area contributed by atoms with Crippen LogP contribution < -0.4 is 0 Å². The fraction of sp³-hybridized carbons (Fsp3) is 0.100. The van der Waals surface area contributed by atoms with E-state index in [-0.39, 0.29) is 5.97 Å². The van der Waals surface area contributed by atoms with Gasteiger partial charge in [-0.3, -0.25) is 4.99 Å². The molecule has 0 saturated heterocycles. The predicted octanol–water partition coefficient (Wildman–Crippen LogP) is 4.41. The van der Waals surface area contributed by atoms with E-state index >= 15 is 0 Å². The summed E-state index contributed by atoms with van der Waals surface area (Å²) in [5, 5.41) is 0. The molecule has 0 aromatic heterocycles. The Morgan fingerprint density at radius 3 is 2.38 bits per heavy atom. The zero-order chi connectivity index (χ0) is 16.6. The van der Waals surface area contributed by atoms with Crippen molar-refractivity contribution in [1.82, 2.24) is 0 Å². The minimum atomic E-state index is -0.795. The van der Waals surface area contributed by atoms with E-state index in [1.54, 1.807) is 0 Å². The molecule has 2 unspecified atom stereocenters. The fourth-order valence-corrected chi connectivity index (χ4v) is 5.17. The Bertz CT molecular complexity index is 871. The first-order valence-corrected chi connectivity index (χ1v) is 9.22. The molecule has 2 aromatic carbocycles. The first-order chi connectivity index (χ1) is 11.7. The quantitative estimate of drug-likeness (QED) is 0.616. The van der Waals surface area contributed by atoms with E-state index < -0.39 is 13.5 Å². The van der Waals surface area contributed by atoms with Gasteiger partial charge >= 0.3 is 5.97 Å². The zero-order valence-electron chi connectivity index (χ0n) is 13.2. The van der Waals surface area contributed by atoms with E-state index in [0.717, 1.165) is 16.6 Å². The summed E-state index contributed by atoms with van der Waals surface area (Å²) in [5.41, 5.74) is 2.94. The SMILES string of the molecule is COC(=O)C1=CP2C=CC1(c1ccccc1)N=C2c1ccccc1. The maximum Gasteiger partial charge on any atom is 0.336 e. The molecular formula is C20H16NO2P. The molecule has 3 aliphatic rings. The van der Waals surface area contributed by atoms with E-state index in [0.29, 0.717) is 5.57 Å². The second-order valence-corrected chi connectivity index (χ2v) is 7.49. The third-order valence-corrected chi connectivity index (χ3v) is 6.19. The highest BCUT2D eigenvalue weighted by Gasteiger charge is 2.45. The van der Waals surface area contributed by atoms with E-state index in [2.05, 4.69) is 17.9 Å². The summed E-state index contributed by atoms with van der Waals surface area (Å²) in [6.07, 6.45) is 2.05. The molecule has 0 fully saturated rings. The molecule has 0 N–H and O–H groups in total. The Hall–Kier alpha value is -2.51. The Labute approximate surface area is 142 Å². The topological polar surface area (TPSA) is 38.7 Å². The van der Waals surface area contributed by atoms with Crippen molar-refractivity contribution < 1.29 is 9.53 Å². The lowest BCUT2D eigenvalue weighted by molar-refractivity contribution is -0.136. The maximum absolute atomic E-state index is 12.4.